The van der Waals surface area contributed by atoms with Crippen molar-refractivity contribution in [1.82, 2.24) is 19.5 Å². The van der Waals surface area contributed by atoms with E-state index in [1.807, 2.05) is 42.0 Å². The standard InChI is InChI=1S/C26H24FN5O2S/c1-15(2)23-12-32(25-24(23)30-14-31-26(25)28)18-4-6-19(7-5-18)34-21-9-17(27)8-20(10-21)33-13-22-11-29-16(3)35-22/h4-12,14-15H,13H2,1-3H3,(H2,28,30,31). The highest BCUT2D eigenvalue weighted by molar-refractivity contribution is 7.11. The van der Waals surface area contributed by atoms with Crippen LogP contribution in [0.25, 0.3) is 16.7 Å². The van der Waals surface area contributed by atoms with Crippen molar-refractivity contribution in [3.63, 3.8) is 0 Å². The van der Waals surface area contributed by atoms with Crippen LogP contribution in [0.2, 0.25) is 0 Å². The highest BCUT2D eigenvalue weighted by atomic mass is 32.1. The van der Waals surface area contributed by atoms with Crippen molar-refractivity contribution in [3.05, 3.63) is 82.5 Å². The summed E-state index contributed by atoms with van der Waals surface area (Å²) in [6.45, 7) is 6.48. The van der Waals surface area contributed by atoms with E-state index in [0.717, 1.165) is 32.2 Å². The van der Waals surface area contributed by atoms with Gasteiger partial charge in [0.25, 0.3) is 0 Å². The number of nitrogen functional groups attached to an aromatic ring is 1. The molecule has 5 rings (SSSR count). The second kappa shape index (κ2) is 9.34. The number of nitrogens with two attached hydrogens (primary N) is 1. The van der Waals surface area contributed by atoms with Crippen molar-refractivity contribution in [3.8, 4) is 22.9 Å². The quantitative estimate of drug-likeness (QED) is 0.285. The zero-order chi connectivity index (χ0) is 24.5. The summed E-state index contributed by atoms with van der Waals surface area (Å²) in [4.78, 5) is 13.8. The van der Waals surface area contributed by atoms with Crippen molar-refractivity contribution in [2.45, 2.75) is 33.3 Å². The van der Waals surface area contributed by atoms with Gasteiger partial charge in [-0.1, -0.05) is 13.8 Å². The highest BCUT2D eigenvalue weighted by Gasteiger charge is 2.16. The summed E-state index contributed by atoms with van der Waals surface area (Å²) in [6.07, 6.45) is 5.28. The Hall–Kier alpha value is -3.98. The maximum atomic E-state index is 14.2. The fourth-order valence-corrected chi connectivity index (χ4v) is 4.56. The third kappa shape index (κ3) is 4.81. The third-order valence-corrected chi connectivity index (χ3v) is 6.39. The molecule has 7 nitrogen and oxygen atoms in total. The largest absolute Gasteiger partial charge is 0.488 e. The van der Waals surface area contributed by atoms with E-state index in [-0.39, 0.29) is 5.92 Å². The highest BCUT2D eigenvalue weighted by Crippen LogP contribution is 2.32. The van der Waals surface area contributed by atoms with Gasteiger partial charge < -0.3 is 19.8 Å². The summed E-state index contributed by atoms with van der Waals surface area (Å²) in [5.74, 6) is 1.55. The monoisotopic (exact) mass is 489 g/mol. The zero-order valence-corrected chi connectivity index (χ0v) is 20.3. The molecule has 0 saturated heterocycles. The first-order valence-electron chi connectivity index (χ1n) is 11.1. The van der Waals surface area contributed by atoms with Crippen LogP contribution in [-0.2, 0) is 6.61 Å². The molecule has 2 N–H and O–H groups in total. The summed E-state index contributed by atoms with van der Waals surface area (Å²) in [7, 11) is 0. The Morgan fingerprint density at radius 3 is 2.51 bits per heavy atom. The lowest BCUT2D eigenvalue weighted by Gasteiger charge is -2.11. The molecule has 0 spiro atoms. The molecule has 0 amide bonds. The Bertz CT molecular complexity index is 1490. The van der Waals surface area contributed by atoms with Crippen LogP contribution in [0.4, 0.5) is 10.2 Å². The average Bonchev–Trinajstić information content (AvgIpc) is 3.42. The van der Waals surface area contributed by atoms with Crippen molar-refractivity contribution in [2.75, 3.05) is 5.73 Å². The number of fused-ring (bicyclic) bond motifs is 1. The molecule has 35 heavy (non-hydrogen) atoms. The van der Waals surface area contributed by atoms with E-state index in [2.05, 4.69) is 28.8 Å². The number of anilines is 1. The lowest BCUT2D eigenvalue weighted by molar-refractivity contribution is 0.306. The van der Waals surface area contributed by atoms with Gasteiger partial charge in [-0.3, -0.25) is 0 Å². The van der Waals surface area contributed by atoms with Gasteiger partial charge in [0.05, 0.1) is 15.4 Å². The molecule has 0 aliphatic heterocycles. The predicted octanol–water partition coefficient (Wildman–Crippen LogP) is 6.40. The van der Waals surface area contributed by atoms with Crippen LogP contribution in [0, 0.1) is 12.7 Å². The Morgan fingerprint density at radius 1 is 1.03 bits per heavy atom. The van der Waals surface area contributed by atoms with Gasteiger partial charge in [-0.2, -0.15) is 0 Å². The van der Waals surface area contributed by atoms with E-state index in [4.69, 9.17) is 15.2 Å². The van der Waals surface area contributed by atoms with Crippen LogP contribution in [0.3, 0.4) is 0 Å². The molecule has 0 bridgehead atoms. The molecule has 0 aliphatic carbocycles. The number of benzene rings is 2. The number of hydrogen-bond donors (Lipinski definition) is 1. The van der Waals surface area contributed by atoms with Crippen molar-refractivity contribution in [1.29, 1.82) is 0 Å². The number of aromatic nitrogens is 4. The first-order chi connectivity index (χ1) is 16.9. The maximum absolute atomic E-state index is 14.2. The van der Waals surface area contributed by atoms with Crippen molar-refractivity contribution in [2.24, 2.45) is 0 Å². The summed E-state index contributed by atoms with van der Waals surface area (Å²) >= 11 is 1.54. The van der Waals surface area contributed by atoms with Crippen molar-refractivity contribution < 1.29 is 13.9 Å². The lowest BCUT2D eigenvalue weighted by Crippen LogP contribution is -1.98. The van der Waals surface area contributed by atoms with E-state index in [1.54, 1.807) is 23.6 Å². The van der Waals surface area contributed by atoms with Gasteiger partial charge in [-0.25, -0.2) is 19.3 Å². The number of thiazole rings is 1. The van der Waals surface area contributed by atoms with Gasteiger partial charge >= 0.3 is 0 Å². The normalized spacial score (nSPS) is 11.3. The average molecular weight is 490 g/mol. The van der Waals surface area contributed by atoms with Gasteiger partial charge in [-0.15, -0.1) is 11.3 Å². The minimum absolute atomic E-state index is 0.278. The molecular weight excluding hydrogens is 465 g/mol. The van der Waals surface area contributed by atoms with E-state index in [0.29, 0.717) is 29.7 Å². The topological polar surface area (TPSA) is 88.1 Å². The van der Waals surface area contributed by atoms with Crippen LogP contribution in [-0.4, -0.2) is 19.5 Å². The van der Waals surface area contributed by atoms with Gasteiger partial charge in [0.1, 0.15) is 41.5 Å². The molecule has 0 atom stereocenters. The van der Waals surface area contributed by atoms with Crippen LogP contribution in [0.5, 0.6) is 17.2 Å². The smallest absolute Gasteiger partial charge is 0.151 e. The molecule has 3 aromatic heterocycles. The minimum Gasteiger partial charge on any atom is -0.488 e. The SMILES string of the molecule is Cc1ncc(COc2cc(F)cc(Oc3ccc(-n4cc(C(C)C)c5ncnc(N)c54)cc3)c2)s1. The molecule has 3 heterocycles. The summed E-state index contributed by atoms with van der Waals surface area (Å²) < 4.78 is 27.8. The predicted molar refractivity (Wildman–Crippen MR) is 135 cm³/mol. The molecule has 0 saturated carbocycles. The van der Waals surface area contributed by atoms with E-state index >= 15 is 0 Å². The molecule has 0 unspecified atom stereocenters. The van der Waals surface area contributed by atoms with Crippen LogP contribution in [0.1, 0.15) is 35.2 Å². The Kier molecular flexibility index (Phi) is 6.08. The summed E-state index contributed by atoms with van der Waals surface area (Å²) in [6, 6.07) is 11.8. The van der Waals surface area contributed by atoms with Gasteiger partial charge in [0, 0.05) is 36.3 Å². The zero-order valence-electron chi connectivity index (χ0n) is 19.5. The molecule has 0 aliphatic rings. The number of halogens is 1. The van der Waals surface area contributed by atoms with Gasteiger partial charge in [0.2, 0.25) is 0 Å². The van der Waals surface area contributed by atoms with E-state index in [1.165, 1.54) is 18.5 Å². The Labute approximate surface area is 206 Å². The molecule has 5 aromatic rings. The number of ether oxygens (including phenoxy) is 2. The van der Waals surface area contributed by atoms with Gasteiger partial charge in [-0.05, 0) is 42.7 Å². The fourth-order valence-electron chi connectivity index (χ4n) is 3.85. The second-order valence-electron chi connectivity index (χ2n) is 8.42. The first kappa shape index (κ1) is 22.8. The van der Waals surface area contributed by atoms with Crippen LogP contribution in [0.15, 0.2) is 61.2 Å². The van der Waals surface area contributed by atoms with Gasteiger partial charge in [0.15, 0.2) is 5.82 Å². The number of hydrogen-bond acceptors (Lipinski definition) is 7. The van der Waals surface area contributed by atoms with Crippen LogP contribution >= 0.6 is 11.3 Å². The summed E-state index contributed by atoms with van der Waals surface area (Å²) in [5, 5.41) is 0.957. The first-order valence-corrected chi connectivity index (χ1v) is 11.9. The number of rotatable bonds is 7. The Morgan fingerprint density at radius 2 is 1.80 bits per heavy atom. The maximum Gasteiger partial charge on any atom is 0.151 e. The van der Waals surface area contributed by atoms with E-state index in [9.17, 15) is 4.39 Å². The van der Waals surface area contributed by atoms with Crippen molar-refractivity contribution >= 4 is 28.2 Å². The second-order valence-corrected chi connectivity index (χ2v) is 9.74. The fraction of sp³-hybridized carbons (Fsp3) is 0.192. The molecule has 178 valence electrons. The lowest BCUT2D eigenvalue weighted by atomic mass is 10.1. The van der Waals surface area contributed by atoms with E-state index < -0.39 is 5.82 Å². The molecule has 0 fully saturated rings. The Balaban J connectivity index is 1.37. The molecule has 0 radical (unpaired) electrons. The van der Waals surface area contributed by atoms with Crippen LogP contribution < -0.4 is 15.2 Å². The molecule has 9 heteroatoms. The minimum atomic E-state index is -0.440. The molecule has 2 aromatic carbocycles. The third-order valence-electron chi connectivity index (χ3n) is 5.50. The number of aryl methyl sites for hydroxylation is 1. The number of nitrogens with zero attached hydrogens (tertiary/aromatic N) is 4. The summed E-state index contributed by atoms with van der Waals surface area (Å²) in [5.41, 5.74) is 9.78. The molecular formula is C26H24FN5O2S.